The molecule has 2 rings (SSSR count). The smallest absolute Gasteiger partial charge is 0.158 e. The molecule has 80 valence electrons. The minimum atomic E-state index is 0.359. The monoisotopic (exact) mass is 203 g/mol. The molecule has 3 nitrogen and oxygen atoms in total. The average Bonchev–Trinajstić information content (AvgIpc) is 2.59. The summed E-state index contributed by atoms with van der Waals surface area (Å²) in [7, 11) is 0. The molecule has 0 aliphatic carbocycles. The molecule has 0 saturated carbocycles. The molecule has 0 spiro atoms. The van der Waals surface area contributed by atoms with Gasteiger partial charge in [0.1, 0.15) is 0 Å². The van der Waals surface area contributed by atoms with Crippen LogP contribution >= 0.6 is 0 Å². The predicted octanol–water partition coefficient (Wildman–Crippen LogP) is 3.14. The van der Waals surface area contributed by atoms with Crippen LogP contribution < -0.4 is 0 Å². The normalized spacial score (nSPS) is 11.9. The summed E-state index contributed by atoms with van der Waals surface area (Å²) in [6.45, 7) is 8.63. The summed E-state index contributed by atoms with van der Waals surface area (Å²) in [6, 6.07) is 2.44. The van der Waals surface area contributed by atoms with Crippen LogP contribution in [0.25, 0.3) is 11.0 Å². The molecule has 0 aromatic carbocycles. The van der Waals surface area contributed by atoms with E-state index in [0.717, 1.165) is 5.65 Å². The van der Waals surface area contributed by atoms with Crippen molar-refractivity contribution in [2.45, 2.75) is 39.7 Å². The predicted molar refractivity (Wildman–Crippen MR) is 62.0 cm³/mol. The second-order valence-corrected chi connectivity index (χ2v) is 4.48. The van der Waals surface area contributed by atoms with Crippen LogP contribution in [0.3, 0.4) is 0 Å². The maximum Gasteiger partial charge on any atom is 0.158 e. The highest BCUT2D eigenvalue weighted by Crippen LogP contribution is 2.24. The minimum absolute atomic E-state index is 0.359. The Balaban J connectivity index is 2.69. The standard InChI is InChI=1S/C12H17N3/c1-8(2)10-5-6-13-12-11(10)7-14-15(12)9(3)4/h5-9H,1-4H3. The van der Waals surface area contributed by atoms with E-state index in [4.69, 9.17) is 0 Å². The first-order valence-corrected chi connectivity index (χ1v) is 5.43. The molecule has 15 heavy (non-hydrogen) atoms. The van der Waals surface area contributed by atoms with Crippen LogP contribution in [0.2, 0.25) is 0 Å². The lowest BCUT2D eigenvalue weighted by molar-refractivity contribution is 0.546. The van der Waals surface area contributed by atoms with Crippen LogP contribution in [0.15, 0.2) is 18.5 Å². The third-order valence-corrected chi connectivity index (χ3v) is 2.64. The van der Waals surface area contributed by atoms with E-state index in [0.29, 0.717) is 12.0 Å². The van der Waals surface area contributed by atoms with Crippen molar-refractivity contribution in [1.82, 2.24) is 14.8 Å². The van der Waals surface area contributed by atoms with Crippen LogP contribution in [0.1, 0.15) is 45.2 Å². The van der Waals surface area contributed by atoms with Crippen LogP contribution in [0.5, 0.6) is 0 Å². The lowest BCUT2D eigenvalue weighted by Gasteiger charge is -2.08. The van der Waals surface area contributed by atoms with Gasteiger partial charge in [-0.25, -0.2) is 9.67 Å². The van der Waals surface area contributed by atoms with Gasteiger partial charge in [-0.3, -0.25) is 0 Å². The van der Waals surface area contributed by atoms with E-state index in [2.05, 4.69) is 43.8 Å². The quantitative estimate of drug-likeness (QED) is 0.750. The molecular formula is C12H17N3. The fourth-order valence-corrected chi connectivity index (χ4v) is 1.85. The van der Waals surface area contributed by atoms with Gasteiger partial charge in [-0.1, -0.05) is 13.8 Å². The minimum Gasteiger partial charge on any atom is -0.245 e. The van der Waals surface area contributed by atoms with Gasteiger partial charge >= 0.3 is 0 Å². The van der Waals surface area contributed by atoms with Gasteiger partial charge < -0.3 is 0 Å². The Kier molecular flexibility index (Phi) is 2.47. The number of rotatable bonds is 2. The molecule has 0 aliphatic heterocycles. The first-order chi connectivity index (χ1) is 7.11. The number of aromatic nitrogens is 3. The summed E-state index contributed by atoms with van der Waals surface area (Å²) in [4.78, 5) is 4.41. The summed E-state index contributed by atoms with van der Waals surface area (Å²) in [5.74, 6) is 0.514. The average molecular weight is 203 g/mol. The molecule has 0 bridgehead atoms. The summed E-state index contributed by atoms with van der Waals surface area (Å²) in [5.41, 5.74) is 2.32. The Morgan fingerprint density at radius 3 is 2.53 bits per heavy atom. The highest BCUT2D eigenvalue weighted by atomic mass is 15.3. The maximum atomic E-state index is 4.41. The van der Waals surface area contributed by atoms with Gasteiger partial charge in [-0.05, 0) is 31.4 Å². The Morgan fingerprint density at radius 2 is 1.93 bits per heavy atom. The third-order valence-electron chi connectivity index (χ3n) is 2.64. The van der Waals surface area contributed by atoms with E-state index < -0.39 is 0 Å². The van der Waals surface area contributed by atoms with Crippen molar-refractivity contribution in [3.8, 4) is 0 Å². The fraction of sp³-hybridized carbons (Fsp3) is 0.500. The van der Waals surface area contributed by atoms with Crippen molar-refractivity contribution in [2.75, 3.05) is 0 Å². The second kappa shape index (κ2) is 3.65. The molecule has 0 N–H and O–H groups in total. The maximum absolute atomic E-state index is 4.41. The zero-order valence-corrected chi connectivity index (χ0v) is 9.73. The topological polar surface area (TPSA) is 30.7 Å². The van der Waals surface area contributed by atoms with Crippen molar-refractivity contribution in [2.24, 2.45) is 0 Å². The summed E-state index contributed by atoms with van der Waals surface area (Å²) in [6.07, 6.45) is 3.80. The number of hydrogen-bond acceptors (Lipinski definition) is 2. The fourth-order valence-electron chi connectivity index (χ4n) is 1.85. The SMILES string of the molecule is CC(C)c1ccnc2c1cnn2C(C)C. The van der Waals surface area contributed by atoms with Crippen LogP contribution in [0, 0.1) is 0 Å². The van der Waals surface area contributed by atoms with Crippen LogP contribution in [-0.2, 0) is 0 Å². The molecule has 2 aromatic rings. The van der Waals surface area contributed by atoms with Crippen molar-refractivity contribution in [1.29, 1.82) is 0 Å². The van der Waals surface area contributed by atoms with Gasteiger partial charge in [0.05, 0.1) is 6.20 Å². The lowest BCUT2D eigenvalue weighted by Crippen LogP contribution is -2.03. The number of nitrogens with zero attached hydrogens (tertiary/aromatic N) is 3. The van der Waals surface area contributed by atoms with Crippen molar-refractivity contribution in [3.63, 3.8) is 0 Å². The Morgan fingerprint density at radius 1 is 1.20 bits per heavy atom. The van der Waals surface area contributed by atoms with Gasteiger partial charge in [0.2, 0.25) is 0 Å². The largest absolute Gasteiger partial charge is 0.245 e. The molecule has 0 radical (unpaired) electrons. The van der Waals surface area contributed by atoms with Gasteiger partial charge in [0.15, 0.2) is 5.65 Å². The Labute approximate surface area is 90.1 Å². The van der Waals surface area contributed by atoms with Crippen molar-refractivity contribution >= 4 is 11.0 Å². The molecule has 0 saturated heterocycles. The van der Waals surface area contributed by atoms with Gasteiger partial charge in [-0.15, -0.1) is 0 Å². The molecule has 0 atom stereocenters. The van der Waals surface area contributed by atoms with E-state index >= 15 is 0 Å². The first kappa shape index (κ1) is 10.1. The Bertz CT molecular complexity index is 469. The number of hydrogen-bond donors (Lipinski definition) is 0. The zero-order chi connectivity index (χ0) is 11.0. The Hall–Kier alpha value is -1.38. The second-order valence-electron chi connectivity index (χ2n) is 4.48. The van der Waals surface area contributed by atoms with E-state index in [9.17, 15) is 0 Å². The molecule has 2 aromatic heterocycles. The molecule has 0 aliphatic rings. The first-order valence-electron chi connectivity index (χ1n) is 5.43. The van der Waals surface area contributed by atoms with Crippen molar-refractivity contribution in [3.05, 3.63) is 24.0 Å². The lowest BCUT2D eigenvalue weighted by atomic mass is 10.0. The van der Waals surface area contributed by atoms with E-state index in [-0.39, 0.29) is 0 Å². The van der Waals surface area contributed by atoms with Crippen LogP contribution in [-0.4, -0.2) is 14.8 Å². The summed E-state index contributed by atoms with van der Waals surface area (Å²) >= 11 is 0. The molecule has 2 heterocycles. The van der Waals surface area contributed by atoms with Gasteiger partial charge in [0, 0.05) is 17.6 Å². The number of pyridine rings is 1. The molecule has 3 heteroatoms. The number of fused-ring (bicyclic) bond motifs is 1. The van der Waals surface area contributed by atoms with E-state index in [1.807, 2.05) is 17.1 Å². The van der Waals surface area contributed by atoms with Crippen molar-refractivity contribution < 1.29 is 0 Å². The zero-order valence-electron chi connectivity index (χ0n) is 9.73. The van der Waals surface area contributed by atoms with Crippen LogP contribution in [0.4, 0.5) is 0 Å². The molecule has 0 fully saturated rings. The van der Waals surface area contributed by atoms with E-state index in [1.165, 1.54) is 10.9 Å². The summed E-state index contributed by atoms with van der Waals surface area (Å²) in [5, 5.41) is 5.57. The molecule has 0 amide bonds. The van der Waals surface area contributed by atoms with Gasteiger partial charge in [0.25, 0.3) is 0 Å². The molecule has 0 unspecified atom stereocenters. The third kappa shape index (κ3) is 1.62. The van der Waals surface area contributed by atoms with E-state index in [1.54, 1.807) is 0 Å². The molecular weight excluding hydrogens is 186 g/mol. The van der Waals surface area contributed by atoms with Gasteiger partial charge in [-0.2, -0.15) is 5.10 Å². The summed E-state index contributed by atoms with van der Waals surface area (Å²) < 4.78 is 1.97. The highest BCUT2D eigenvalue weighted by Gasteiger charge is 2.11. The highest BCUT2D eigenvalue weighted by molar-refractivity contribution is 5.79.